The Morgan fingerprint density at radius 2 is 2.08 bits per heavy atom. The minimum absolute atomic E-state index is 1.11. The van der Waals surface area contributed by atoms with E-state index in [1.807, 2.05) is 7.05 Å². The van der Waals surface area contributed by atoms with Gasteiger partial charge in [0.05, 0.1) is 0 Å². The number of hydrogen-bond donors (Lipinski definition) is 1. The highest BCUT2D eigenvalue weighted by atomic mass is 14.8. The molecule has 1 nitrogen and oxygen atoms in total. The number of allylic oxidation sites excluding steroid dienone is 2. The molecule has 1 aromatic rings. The molecule has 0 aliphatic rings. The van der Waals surface area contributed by atoms with Gasteiger partial charge in [0.15, 0.2) is 0 Å². The Morgan fingerprint density at radius 3 is 2.77 bits per heavy atom. The second kappa shape index (κ2) is 5.41. The van der Waals surface area contributed by atoms with Gasteiger partial charge in [-0.3, -0.25) is 0 Å². The summed E-state index contributed by atoms with van der Waals surface area (Å²) in [5, 5.41) is 3.20. The summed E-state index contributed by atoms with van der Waals surface area (Å²) < 4.78 is 0. The Kier molecular flexibility index (Phi) is 4.10. The lowest BCUT2D eigenvalue weighted by Crippen LogP contribution is -1.94. The first-order valence-electron chi connectivity index (χ1n) is 4.75. The van der Waals surface area contributed by atoms with Crippen molar-refractivity contribution in [2.45, 2.75) is 19.8 Å². The van der Waals surface area contributed by atoms with E-state index in [1.54, 1.807) is 0 Å². The number of hydrogen-bond acceptors (Lipinski definition) is 1. The zero-order valence-electron chi connectivity index (χ0n) is 8.38. The zero-order valence-corrected chi connectivity index (χ0v) is 8.38. The first-order chi connectivity index (χ1) is 6.38. The van der Waals surface area contributed by atoms with Crippen LogP contribution in [0.5, 0.6) is 0 Å². The van der Waals surface area contributed by atoms with Gasteiger partial charge in [0, 0.05) is 12.7 Å². The van der Waals surface area contributed by atoms with Crippen LogP contribution in [-0.4, -0.2) is 7.05 Å². The van der Waals surface area contributed by atoms with Crippen molar-refractivity contribution < 1.29 is 0 Å². The number of benzene rings is 1. The highest BCUT2D eigenvalue weighted by Crippen LogP contribution is 2.15. The van der Waals surface area contributed by atoms with Crippen LogP contribution in [0.15, 0.2) is 36.4 Å². The molecule has 0 radical (unpaired) electrons. The largest absolute Gasteiger partial charge is 0.388 e. The van der Waals surface area contributed by atoms with Gasteiger partial charge in [0.25, 0.3) is 0 Å². The van der Waals surface area contributed by atoms with Crippen molar-refractivity contribution in [1.29, 1.82) is 0 Å². The quantitative estimate of drug-likeness (QED) is 0.693. The van der Waals surface area contributed by atoms with Crippen LogP contribution in [0.4, 0.5) is 5.69 Å². The third-order valence-electron chi connectivity index (χ3n) is 2.10. The molecule has 0 aliphatic carbocycles. The fourth-order valence-corrected chi connectivity index (χ4v) is 1.39. The molecule has 0 amide bonds. The molecule has 0 atom stereocenters. The summed E-state index contributed by atoms with van der Waals surface area (Å²) in [7, 11) is 1.97. The molecular weight excluding hydrogens is 158 g/mol. The normalized spacial score (nSPS) is 10.6. The molecule has 0 unspecified atom stereocenters. The molecule has 0 fully saturated rings. The van der Waals surface area contributed by atoms with E-state index in [4.69, 9.17) is 0 Å². The molecule has 0 saturated heterocycles. The third kappa shape index (κ3) is 2.94. The fourth-order valence-electron chi connectivity index (χ4n) is 1.39. The Morgan fingerprint density at radius 1 is 1.31 bits per heavy atom. The number of aryl methyl sites for hydroxylation is 1. The van der Waals surface area contributed by atoms with Gasteiger partial charge in [0.1, 0.15) is 0 Å². The number of para-hydroxylation sites is 1. The van der Waals surface area contributed by atoms with E-state index in [9.17, 15) is 0 Å². The van der Waals surface area contributed by atoms with Gasteiger partial charge in [-0.2, -0.15) is 0 Å². The zero-order chi connectivity index (χ0) is 9.52. The molecule has 0 heterocycles. The summed E-state index contributed by atoms with van der Waals surface area (Å²) in [4.78, 5) is 0. The molecular formula is C12H17N. The lowest BCUT2D eigenvalue weighted by Gasteiger charge is -2.06. The predicted molar refractivity (Wildman–Crippen MR) is 59.1 cm³/mol. The molecule has 1 heteroatoms. The van der Waals surface area contributed by atoms with E-state index >= 15 is 0 Å². The van der Waals surface area contributed by atoms with Crippen molar-refractivity contribution in [2.24, 2.45) is 0 Å². The molecule has 1 rings (SSSR count). The predicted octanol–water partition coefficient (Wildman–Crippen LogP) is 3.24. The SMILES string of the molecule is C/C=C/CCc1ccccc1NC. The van der Waals surface area contributed by atoms with Gasteiger partial charge in [-0.25, -0.2) is 0 Å². The topological polar surface area (TPSA) is 12.0 Å². The van der Waals surface area contributed by atoms with E-state index in [1.165, 1.54) is 11.3 Å². The second-order valence-corrected chi connectivity index (χ2v) is 3.01. The first-order valence-corrected chi connectivity index (χ1v) is 4.75. The van der Waals surface area contributed by atoms with E-state index in [-0.39, 0.29) is 0 Å². The lowest BCUT2D eigenvalue weighted by atomic mass is 10.1. The Balaban J connectivity index is 2.64. The van der Waals surface area contributed by atoms with Gasteiger partial charge in [-0.15, -0.1) is 0 Å². The maximum absolute atomic E-state index is 3.20. The van der Waals surface area contributed by atoms with Gasteiger partial charge in [-0.1, -0.05) is 30.4 Å². The average molecular weight is 175 g/mol. The minimum Gasteiger partial charge on any atom is -0.388 e. The smallest absolute Gasteiger partial charge is 0.0370 e. The molecule has 13 heavy (non-hydrogen) atoms. The van der Waals surface area contributed by atoms with Gasteiger partial charge >= 0.3 is 0 Å². The molecule has 0 aliphatic heterocycles. The summed E-state index contributed by atoms with van der Waals surface area (Å²) in [5.74, 6) is 0. The highest BCUT2D eigenvalue weighted by molar-refractivity contribution is 5.50. The summed E-state index contributed by atoms with van der Waals surface area (Å²) in [6.07, 6.45) is 6.53. The average Bonchev–Trinajstić information content (AvgIpc) is 2.19. The minimum atomic E-state index is 1.11. The standard InChI is InChI=1S/C12H17N/c1-3-4-5-8-11-9-6-7-10-12(11)13-2/h3-4,6-7,9-10,13H,5,8H2,1-2H3/b4-3+. The Hall–Kier alpha value is -1.24. The van der Waals surface area contributed by atoms with Crippen LogP contribution >= 0.6 is 0 Å². The van der Waals surface area contributed by atoms with Crippen LogP contribution in [0.3, 0.4) is 0 Å². The van der Waals surface area contributed by atoms with E-state index < -0.39 is 0 Å². The Labute approximate surface area is 80.5 Å². The van der Waals surface area contributed by atoms with Crippen molar-refractivity contribution in [3.63, 3.8) is 0 Å². The molecule has 1 aromatic carbocycles. The van der Waals surface area contributed by atoms with E-state index in [0.29, 0.717) is 0 Å². The van der Waals surface area contributed by atoms with Crippen molar-refractivity contribution >= 4 is 5.69 Å². The van der Waals surface area contributed by atoms with Gasteiger partial charge in [-0.05, 0) is 31.4 Å². The van der Waals surface area contributed by atoms with Crippen LogP contribution < -0.4 is 5.32 Å². The lowest BCUT2D eigenvalue weighted by molar-refractivity contribution is 1.000. The van der Waals surface area contributed by atoms with E-state index in [2.05, 4.69) is 48.7 Å². The Bertz CT molecular complexity index is 276. The highest BCUT2D eigenvalue weighted by Gasteiger charge is 1.96. The third-order valence-corrected chi connectivity index (χ3v) is 2.10. The van der Waals surface area contributed by atoms with Crippen LogP contribution in [0.1, 0.15) is 18.9 Å². The summed E-state index contributed by atoms with van der Waals surface area (Å²) in [5.41, 5.74) is 2.63. The van der Waals surface area contributed by atoms with Crippen molar-refractivity contribution in [3.8, 4) is 0 Å². The maximum atomic E-state index is 3.20. The number of nitrogens with one attached hydrogen (secondary N) is 1. The molecule has 1 N–H and O–H groups in total. The molecule has 0 saturated carbocycles. The molecule has 70 valence electrons. The van der Waals surface area contributed by atoms with Crippen LogP contribution in [0.25, 0.3) is 0 Å². The maximum Gasteiger partial charge on any atom is 0.0370 e. The summed E-state index contributed by atoms with van der Waals surface area (Å²) in [6, 6.07) is 8.44. The first kappa shape index (κ1) is 9.85. The van der Waals surface area contributed by atoms with Crippen LogP contribution in [0.2, 0.25) is 0 Å². The van der Waals surface area contributed by atoms with Crippen molar-refractivity contribution in [1.82, 2.24) is 0 Å². The van der Waals surface area contributed by atoms with Crippen molar-refractivity contribution in [3.05, 3.63) is 42.0 Å². The monoisotopic (exact) mass is 175 g/mol. The molecule has 0 bridgehead atoms. The summed E-state index contributed by atoms with van der Waals surface area (Å²) >= 11 is 0. The molecule has 0 spiro atoms. The van der Waals surface area contributed by atoms with E-state index in [0.717, 1.165) is 12.8 Å². The number of rotatable bonds is 4. The second-order valence-electron chi connectivity index (χ2n) is 3.01. The van der Waals surface area contributed by atoms with Gasteiger partial charge < -0.3 is 5.32 Å². The molecule has 0 aromatic heterocycles. The van der Waals surface area contributed by atoms with Crippen LogP contribution in [0, 0.1) is 0 Å². The van der Waals surface area contributed by atoms with Gasteiger partial charge in [0.2, 0.25) is 0 Å². The van der Waals surface area contributed by atoms with Crippen LogP contribution in [-0.2, 0) is 6.42 Å². The number of anilines is 1. The summed E-state index contributed by atoms with van der Waals surface area (Å²) in [6.45, 7) is 2.06. The van der Waals surface area contributed by atoms with Crippen molar-refractivity contribution in [2.75, 3.05) is 12.4 Å². The fraction of sp³-hybridized carbons (Fsp3) is 0.333.